The summed E-state index contributed by atoms with van der Waals surface area (Å²) >= 11 is 0. The van der Waals surface area contributed by atoms with Gasteiger partial charge in [-0.25, -0.2) is 13.1 Å². The van der Waals surface area contributed by atoms with Crippen LogP contribution in [0.15, 0.2) is 23.1 Å². The van der Waals surface area contributed by atoms with E-state index in [0.717, 1.165) is 5.56 Å². The molecule has 0 unspecified atom stereocenters. The number of nitrogens with one attached hydrogen (secondary N) is 1. The van der Waals surface area contributed by atoms with Crippen LogP contribution in [0.25, 0.3) is 0 Å². The standard InChI is InChI=1S/C14H20N2O4S/c1-11-3-4-12(2)13(9-11)21(18,19)15-5-6-16-7-8-20-10-14(16)17/h3-4,9,15H,5-8,10H2,1-2H3. The topological polar surface area (TPSA) is 75.7 Å². The molecule has 0 aliphatic carbocycles. The van der Waals surface area contributed by atoms with Gasteiger partial charge in [0.15, 0.2) is 0 Å². The molecule has 0 aromatic heterocycles. The minimum Gasteiger partial charge on any atom is -0.370 e. The van der Waals surface area contributed by atoms with Gasteiger partial charge in [-0.2, -0.15) is 0 Å². The first-order valence-corrected chi connectivity index (χ1v) is 8.31. The molecule has 0 spiro atoms. The van der Waals surface area contributed by atoms with Gasteiger partial charge in [0.2, 0.25) is 15.9 Å². The van der Waals surface area contributed by atoms with E-state index in [-0.39, 0.29) is 24.0 Å². The van der Waals surface area contributed by atoms with E-state index in [1.165, 1.54) is 0 Å². The normalized spacial score (nSPS) is 16.3. The number of benzene rings is 1. The third-order valence-corrected chi connectivity index (χ3v) is 4.99. The second kappa shape index (κ2) is 6.55. The van der Waals surface area contributed by atoms with Crippen LogP contribution in [0.5, 0.6) is 0 Å². The maximum atomic E-state index is 12.3. The van der Waals surface area contributed by atoms with Crippen LogP contribution in [0.4, 0.5) is 0 Å². The van der Waals surface area contributed by atoms with E-state index >= 15 is 0 Å². The molecule has 1 aliphatic rings. The fraction of sp³-hybridized carbons (Fsp3) is 0.500. The van der Waals surface area contributed by atoms with E-state index in [9.17, 15) is 13.2 Å². The number of ether oxygens (including phenoxy) is 1. The molecule has 0 radical (unpaired) electrons. The molecule has 1 aromatic rings. The van der Waals surface area contributed by atoms with Crippen LogP contribution in [0, 0.1) is 13.8 Å². The Kier molecular flexibility index (Phi) is 4.97. The number of rotatable bonds is 5. The van der Waals surface area contributed by atoms with E-state index in [1.54, 1.807) is 24.0 Å². The molecule has 1 N–H and O–H groups in total. The Morgan fingerprint density at radius 2 is 2.10 bits per heavy atom. The van der Waals surface area contributed by atoms with Gasteiger partial charge < -0.3 is 9.64 Å². The minimum absolute atomic E-state index is 0.0732. The van der Waals surface area contributed by atoms with Crippen molar-refractivity contribution in [3.05, 3.63) is 29.3 Å². The summed E-state index contributed by atoms with van der Waals surface area (Å²) in [5.41, 5.74) is 1.60. The number of nitrogens with zero attached hydrogens (tertiary/aromatic N) is 1. The zero-order valence-corrected chi connectivity index (χ0v) is 13.1. The van der Waals surface area contributed by atoms with Crippen LogP contribution in [0.3, 0.4) is 0 Å². The van der Waals surface area contributed by atoms with Crippen molar-refractivity contribution in [1.82, 2.24) is 9.62 Å². The largest absolute Gasteiger partial charge is 0.370 e. The maximum absolute atomic E-state index is 12.3. The van der Waals surface area contributed by atoms with Crippen molar-refractivity contribution in [3.63, 3.8) is 0 Å². The lowest BCUT2D eigenvalue weighted by Crippen LogP contribution is -2.45. The highest BCUT2D eigenvalue weighted by molar-refractivity contribution is 7.89. The minimum atomic E-state index is -3.55. The lowest BCUT2D eigenvalue weighted by Gasteiger charge is -2.26. The monoisotopic (exact) mass is 312 g/mol. The molecule has 1 amide bonds. The molecule has 0 bridgehead atoms. The Hall–Kier alpha value is -1.44. The summed E-state index contributed by atoms with van der Waals surface area (Å²) < 4.78 is 32.2. The number of hydrogen-bond donors (Lipinski definition) is 1. The Morgan fingerprint density at radius 3 is 2.81 bits per heavy atom. The SMILES string of the molecule is Cc1ccc(C)c(S(=O)(=O)NCCN2CCOCC2=O)c1. The first kappa shape index (κ1) is 15.9. The van der Waals surface area contributed by atoms with Gasteiger partial charge in [-0.15, -0.1) is 0 Å². The summed E-state index contributed by atoms with van der Waals surface area (Å²) in [5, 5.41) is 0. The molecule has 1 saturated heterocycles. The van der Waals surface area contributed by atoms with Gasteiger partial charge in [-0.05, 0) is 31.0 Å². The van der Waals surface area contributed by atoms with Crippen LogP contribution in [0.1, 0.15) is 11.1 Å². The summed E-state index contributed by atoms with van der Waals surface area (Å²) in [6.07, 6.45) is 0. The van der Waals surface area contributed by atoms with Gasteiger partial charge in [0.25, 0.3) is 0 Å². The summed E-state index contributed by atoms with van der Waals surface area (Å²) in [5.74, 6) is -0.104. The van der Waals surface area contributed by atoms with Crippen LogP contribution in [-0.2, 0) is 19.6 Å². The quantitative estimate of drug-likeness (QED) is 0.856. The van der Waals surface area contributed by atoms with Crippen molar-refractivity contribution in [3.8, 4) is 0 Å². The molecule has 1 aliphatic heterocycles. The van der Waals surface area contributed by atoms with Crippen molar-refractivity contribution in [1.29, 1.82) is 0 Å². The van der Waals surface area contributed by atoms with Gasteiger partial charge >= 0.3 is 0 Å². The second-order valence-corrected chi connectivity index (χ2v) is 6.84. The fourth-order valence-corrected chi connectivity index (χ4v) is 3.52. The average molecular weight is 312 g/mol. The van der Waals surface area contributed by atoms with Crippen LogP contribution in [0.2, 0.25) is 0 Å². The van der Waals surface area contributed by atoms with Gasteiger partial charge in [0, 0.05) is 19.6 Å². The number of sulfonamides is 1. The molecule has 1 aromatic carbocycles. The highest BCUT2D eigenvalue weighted by atomic mass is 32.2. The Morgan fingerprint density at radius 1 is 1.33 bits per heavy atom. The molecule has 7 heteroatoms. The molecule has 116 valence electrons. The van der Waals surface area contributed by atoms with Gasteiger partial charge in [0.05, 0.1) is 11.5 Å². The van der Waals surface area contributed by atoms with Crippen LogP contribution >= 0.6 is 0 Å². The molecule has 6 nitrogen and oxygen atoms in total. The summed E-state index contributed by atoms with van der Waals surface area (Å²) in [4.78, 5) is 13.4. The van der Waals surface area contributed by atoms with E-state index in [2.05, 4.69) is 4.72 Å². The summed E-state index contributed by atoms with van der Waals surface area (Å²) in [6, 6.07) is 5.31. The Labute approximate surface area is 125 Å². The third-order valence-electron chi connectivity index (χ3n) is 3.39. The molecular formula is C14H20N2O4S. The first-order valence-electron chi connectivity index (χ1n) is 6.82. The highest BCUT2D eigenvalue weighted by Gasteiger charge is 2.20. The number of hydrogen-bond acceptors (Lipinski definition) is 4. The number of carbonyl (C=O) groups is 1. The molecule has 1 heterocycles. The maximum Gasteiger partial charge on any atom is 0.248 e. The Balaban J connectivity index is 1.98. The predicted octanol–water partition coefficient (Wildman–Crippen LogP) is 0.441. The molecule has 0 atom stereocenters. The number of carbonyl (C=O) groups excluding carboxylic acids is 1. The highest BCUT2D eigenvalue weighted by Crippen LogP contribution is 2.16. The van der Waals surface area contributed by atoms with E-state index in [4.69, 9.17) is 4.74 Å². The van der Waals surface area contributed by atoms with Crippen molar-refractivity contribution in [2.75, 3.05) is 32.8 Å². The molecule has 21 heavy (non-hydrogen) atoms. The number of amides is 1. The zero-order valence-electron chi connectivity index (χ0n) is 12.3. The summed E-state index contributed by atoms with van der Waals surface area (Å²) in [7, 11) is -3.55. The molecule has 1 fully saturated rings. The van der Waals surface area contributed by atoms with Gasteiger partial charge in [0.1, 0.15) is 6.61 Å². The lowest BCUT2D eigenvalue weighted by atomic mass is 10.2. The van der Waals surface area contributed by atoms with E-state index < -0.39 is 10.0 Å². The average Bonchev–Trinajstić information content (AvgIpc) is 2.43. The van der Waals surface area contributed by atoms with Crippen molar-refractivity contribution in [2.45, 2.75) is 18.7 Å². The molecule has 0 saturated carbocycles. The third kappa shape index (κ3) is 4.03. The van der Waals surface area contributed by atoms with Crippen molar-refractivity contribution >= 4 is 15.9 Å². The number of aryl methyl sites for hydroxylation is 2. The van der Waals surface area contributed by atoms with E-state index in [1.807, 2.05) is 13.0 Å². The first-order chi connectivity index (χ1) is 9.90. The zero-order chi connectivity index (χ0) is 15.5. The number of morpholine rings is 1. The smallest absolute Gasteiger partial charge is 0.248 e. The summed E-state index contributed by atoms with van der Waals surface area (Å²) in [6.45, 7) is 5.24. The lowest BCUT2D eigenvalue weighted by molar-refractivity contribution is -0.142. The van der Waals surface area contributed by atoms with Gasteiger partial charge in [-0.1, -0.05) is 12.1 Å². The fourth-order valence-electron chi connectivity index (χ4n) is 2.18. The molecular weight excluding hydrogens is 292 g/mol. The van der Waals surface area contributed by atoms with Crippen LogP contribution < -0.4 is 4.72 Å². The molecule has 2 rings (SSSR count). The predicted molar refractivity (Wildman–Crippen MR) is 78.5 cm³/mol. The Bertz CT molecular complexity index is 628. The second-order valence-electron chi connectivity index (χ2n) is 5.10. The van der Waals surface area contributed by atoms with Crippen molar-refractivity contribution < 1.29 is 17.9 Å². The van der Waals surface area contributed by atoms with Crippen molar-refractivity contribution in [2.24, 2.45) is 0 Å². The van der Waals surface area contributed by atoms with Crippen LogP contribution in [-0.4, -0.2) is 52.1 Å². The van der Waals surface area contributed by atoms with Gasteiger partial charge in [-0.3, -0.25) is 4.79 Å². The van der Waals surface area contributed by atoms with E-state index in [0.29, 0.717) is 25.3 Å².